The molecule has 1 aliphatic heterocycles. The van der Waals surface area contributed by atoms with Crippen molar-refractivity contribution in [3.8, 4) is 11.5 Å². The minimum Gasteiger partial charge on any atom is -0.457 e. The molecule has 0 amide bonds. The highest BCUT2D eigenvalue weighted by Crippen LogP contribution is 2.26. The maximum Gasteiger partial charge on any atom is 0.141 e. The van der Waals surface area contributed by atoms with Crippen molar-refractivity contribution in [3.63, 3.8) is 0 Å². The van der Waals surface area contributed by atoms with Crippen LogP contribution in [0.3, 0.4) is 0 Å². The van der Waals surface area contributed by atoms with Gasteiger partial charge >= 0.3 is 0 Å². The van der Waals surface area contributed by atoms with Gasteiger partial charge in [-0.15, -0.1) is 0 Å². The molecule has 3 aromatic rings. The van der Waals surface area contributed by atoms with Gasteiger partial charge < -0.3 is 15.8 Å². The molecule has 0 spiro atoms. The number of para-hydroxylation sites is 1. The zero-order chi connectivity index (χ0) is 23.2. The van der Waals surface area contributed by atoms with Crippen molar-refractivity contribution >= 4 is 28.3 Å². The fourth-order valence-corrected chi connectivity index (χ4v) is 4.47. The number of piperidine rings is 1. The highest BCUT2D eigenvalue weighted by molar-refractivity contribution is 7.85. The van der Waals surface area contributed by atoms with Gasteiger partial charge in [-0.1, -0.05) is 24.8 Å². The summed E-state index contributed by atoms with van der Waals surface area (Å²) in [7, 11) is -1.15. The number of nitrogens with zero attached hydrogens (tertiary/aromatic N) is 3. The topological polar surface area (TPSA) is 117 Å². The van der Waals surface area contributed by atoms with E-state index < -0.39 is 11.0 Å². The van der Waals surface area contributed by atoms with E-state index in [0.717, 1.165) is 18.6 Å². The summed E-state index contributed by atoms with van der Waals surface area (Å²) in [4.78, 5) is 8.47. The highest BCUT2D eigenvalue weighted by Gasteiger charge is 2.24. The van der Waals surface area contributed by atoms with E-state index >= 15 is 0 Å². The van der Waals surface area contributed by atoms with Crippen LogP contribution in [-0.2, 0) is 11.0 Å². The fraction of sp³-hybridized carbons (Fsp3) is 0.208. The van der Waals surface area contributed by atoms with Gasteiger partial charge in [-0.3, -0.25) is 5.41 Å². The summed E-state index contributed by atoms with van der Waals surface area (Å²) in [6.45, 7) is 4.97. The average molecular weight is 463 g/mol. The molecule has 170 valence electrons. The Bertz CT molecular complexity index is 1150. The molecule has 0 aliphatic carbocycles. The molecule has 1 saturated heterocycles. The molecule has 33 heavy (non-hydrogen) atoms. The van der Waals surface area contributed by atoms with Crippen LogP contribution in [0.25, 0.3) is 0 Å². The van der Waals surface area contributed by atoms with E-state index in [0.29, 0.717) is 35.8 Å². The Morgan fingerprint density at radius 3 is 2.45 bits per heavy atom. The molecule has 4 rings (SSSR count). The number of hydrogen-bond acceptors (Lipinski definition) is 7. The second-order valence-corrected chi connectivity index (χ2v) is 8.99. The SMILES string of the molecule is C=CS(=O)N1CCC(Nc2ncnc(N)c2C(=N)c2ccc(Oc3ccccc3)cc2)CC1. The van der Waals surface area contributed by atoms with Crippen LogP contribution in [0.15, 0.2) is 72.9 Å². The van der Waals surface area contributed by atoms with Gasteiger partial charge in [-0.2, -0.15) is 0 Å². The predicted octanol–water partition coefficient (Wildman–Crippen LogP) is 3.95. The lowest BCUT2D eigenvalue weighted by Crippen LogP contribution is -2.39. The number of hydrogen-bond donors (Lipinski definition) is 3. The van der Waals surface area contributed by atoms with Gasteiger partial charge in [0.25, 0.3) is 0 Å². The quantitative estimate of drug-likeness (QED) is 0.436. The first-order valence-electron chi connectivity index (χ1n) is 10.6. The standard InChI is InChI=1S/C24H26N6O2S/c1-2-33(31)30-14-12-18(13-15-30)29-24-21(23(26)27-16-28-24)22(25)17-8-10-20(11-9-17)32-19-6-4-3-5-7-19/h2-11,16,18,25H,1,12-15H2,(H3,26,27,28,29). The number of nitrogens with one attached hydrogen (secondary N) is 2. The normalized spacial score (nSPS) is 15.5. The molecule has 0 saturated carbocycles. The van der Waals surface area contributed by atoms with E-state index in [1.165, 1.54) is 11.7 Å². The first-order chi connectivity index (χ1) is 16.0. The molecule has 1 aliphatic rings. The summed E-state index contributed by atoms with van der Waals surface area (Å²) in [6.07, 6.45) is 2.98. The van der Waals surface area contributed by atoms with Gasteiger partial charge in [0.15, 0.2) is 0 Å². The minimum atomic E-state index is -1.15. The third-order valence-electron chi connectivity index (χ3n) is 5.44. The zero-order valence-corrected chi connectivity index (χ0v) is 18.9. The molecule has 1 aromatic heterocycles. The minimum absolute atomic E-state index is 0.130. The molecule has 1 unspecified atom stereocenters. The van der Waals surface area contributed by atoms with Crippen LogP contribution in [0.4, 0.5) is 11.6 Å². The Hall–Kier alpha value is -3.56. The molecule has 2 aromatic carbocycles. The number of nitrogens with two attached hydrogens (primary N) is 1. The van der Waals surface area contributed by atoms with Gasteiger partial charge in [0.2, 0.25) is 0 Å². The second-order valence-electron chi connectivity index (χ2n) is 7.59. The van der Waals surface area contributed by atoms with Crippen molar-refractivity contribution in [1.29, 1.82) is 5.41 Å². The van der Waals surface area contributed by atoms with Crippen molar-refractivity contribution in [2.45, 2.75) is 18.9 Å². The second kappa shape index (κ2) is 10.4. The maximum absolute atomic E-state index is 11.9. The van der Waals surface area contributed by atoms with Crippen molar-refractivity contribution < 1.29 is 8.95 Å². The zero-order valence-electron chi connectivity index (χ0n) is 18.1. The van der Waals surface area contributed by atoms with E-state index in [9.17, 15) is 4.21 Å². The average Bonchev–Trinajstić information content (AvgIpc) is 2.85. The molecule has 2 heterocycles. The smallest absolute Gasteiger partial charge is 0.141 e. The van der Waals surface area contributed by atoms with E-state index in [-0.39, 0.29) is 17.6 Å². The Balaban J connectivity index is 1.48. The lowest BCUT2D eigenvalue weighted by molar-refractivity contribution is 0.347. The Kier molecular flexibility index (Phi) is 7.11. The molecular weight excluding hydrogens is 436 g/mol. The summed E-state index contributed by atoms with van der Waals surface area (Å²) in [5.41, 5.74) is 7.53. The molecule has 8 nitrogen and oxygen atoms in total. The molecule has 1 atom stereocenters. The number of nitrogen functional groups attached to an aromatic ring is 1. The van der Waals surface area contributed by atoms with Crippen molar-refractivity contribution in [2.24, 2.45) is 0 Å². The number of rotatable bonds is 8. The van der Waals surface area contributed by atoms with Crippen LogP contribution in [0.5, 0.6) is 11.5 Å². The monoisotopic (exact) mass is 462 g/mol. The highest BCUT2D eigenvalue weighted by atomic mass is 32.2. The van der Waals surface area contributed by atoms with E-state index in [1.54, 1.807) is 0 Å². The molecule has 0 bridgehead atoms. The van der Waals surface area contributed by atoms with Crippen LogP contribution >= 0.6 is 0 Å². The van der Waals surface area contributed by atoms with E-state index in [2.05, 4.69) is 21.9 Å². The lowest BCUT2D eigenvalue weighted by Gasteiger charge is -2.31. The Morgan fingerprint density at radius 1 is 1.12 bits per heavy atom. The number of benzene rings is 2. The first-order valence-corrected chi connectivity index (χ1v) is 11.8. The van der Waals surface area contributed by atoms with Crippen molar-refractivity contribution in [2.75, 3.05) is 24.1 Å². The molecule has 4 N–H and O–H groups in total. The van der Waals surface area contributed by atoms with E-state index in [4.69, 9.17) is 15.9 Å². The summed E-state index contributed by atoms with van der Waals surface area (Å²) >= 11 is 0. The lowest BCUT2D eigenvalue weighted by atomic mass is 10.0. The van der Waals surface area contributed by atoms with E-state index in [1.807, 2.05) is 58.9 Å². The molecule has 0 radical (unpaired) electrons. The largest absolute Gasteiger partial charge is 0.457 e. The van der Waals surface area contributed by atoms with Crippen LogP contribution in [-0.4, -0.2) is 43.3 Å². The van der Waals surface area contributed by atoms with Gasteiger partial charge in [0.1, 0.15) is 40.4 Å². The maximum atomic E-state index is 11.9. The van der Waals surface area contributed by atoms with Gasteiger partial charge in [-0.05, 0) is 49.2 Å². The summed E-state index contributed by atoms with van der Waals surface area (Å²) in [6, 6.07) is 16.9. The van der Waals surface area contributed by atoms with Crippen LogP contribution < -0.4 is 15.8 Å². The molecule has 9 heteroatoms. The molecular formula is C24H26N6O2S. The Labute approximate surface area is 195 Å². The van der Waals surface area contributed by atoms with Gasteiger partial charge in [0, 0.05) is 30.1 Å². The van der Waals surface area contributed by atoms with Crippen molar-refractivity contribution in [1.82, 2.24) is 14.3 Å². The predicted molar refractivity (Wildman–Crippen MR) is 132 cm³/mol. The van der Waals surface area contributed by atoms with Crippen LogP contribution in [0.1, 0.15) is 24.0 Å². The van der Waals surface area contributed by atoms with Crippen molar-refractivity contribution in [3.05, 3.63) is 84.0 Å². The molecule has 1 fully saturated rings. The summed E-state index contributed by atoms with van der Waals surface area (Å²) < 4.78 is 19.7. The van der Waals surface area contributed by atoms with Crippen LogP contribution in [0, 0.1) is 5.41 Å². The fourth-order valence-electron chi connectivity index (χ4n) is 3.69. The third kappa shape index (κ3) is 5.44. The summed E-state index contributed by atoms with van der Waals surface area (Å²) in [5, 5.41) is 13.6. The third-order valence-corrected chi connectivity index (χ3v) is 6.60. The number of aromatic nitrogens is 2. The Morgan fingerprint density at radius 2 is 1.79 bits per heavy atom. The van der Waals surface area contributed by atoms with Gasteiger partial charge in [-0.25, -0.2) is 18.5 Å². The van der Waals surface area contributed by atoms with Crippen LogP contribution in [0.2, 0.25) is 0 Å². The number of ether oxygens (including phenoxy) is 1. The van der Waals surface area contributed by atoms with Gasteiger partial charge in [0.05, 0.1) is 11.3 Å². The number of anilines is 2. The first kappa shape index (κ1) is 22.6. The summed E-state index contributed by atoms with van der Waals surface area (Å²) in [5.74, 6) is 2.19.